The van der Waals surface area contributed by atoms with Crippen LogP contribution in [0.25, 0.3) is 5.69 Å². The molecule has 0 fully saturated rings. The zero-order valence-electron chi connectivity index (χ0n) is 18.3. The summed E-state index contributed by atoms with van der Waals surface area (Å²) in [4.78, 5) is 6.47. The standard InChI is InChI=1S/C24H29N7/c1-18-11-13-19(14-12-18)17-30(3)24(27-2)28-15-7-10-22-21(16-25)23(26)31(29-22)20-8-5-4-6-9-20/h4-6,8-9,11-14H,7,10,15,17,26H2,1-3H3,(H,27,28). The van der Waals surface area contributed by atoms with Gasteiger partial charge in [0.1, 0.15) is 17.5 Å². The zero-order chi connectivity index (χ0) is 22.2. The number of rotatable bonds is 7. The van der Waals surface area contributed by atoms with Crippen molar-refractivity contribution >= 4 is 11.8 Å². The molecular weight excluding hydrogens is 386 g/mol. The summed E-state index contributed by atoms with van der Waals surface area (Å²) in [6, 6.07) is 20.3. The highest BCUT2D eigenvalue weighted by molar-refractivity contribution is 5.79. The van der Waals surface area contributed by atoms with Gasteiger partial charge in [-0.2, -0.15) is 10.4 Å². The van der Waals surface area contributed by atoms with Crippen molar-refractivity contribution in [2.75, 3.05) is 26.4 Å². The molecule has 0 radical (unpaired) electrons. The highest BCUT2D eigenvalue weighted by Crippen LogP contribution is 2.21. The summed E-state index contributed by atoms with van der Waals surface area (Å²) in [7, 11) is 3.80. The molecule has 0 aliphatic rings. The first kappa shape index (κ1) is 21.9. The molecule has 2 aromatic carbocycles. The fourth-order valence-electron chi connectivity index (χ4n) is 3.42. The Morgan fingerprint density at radius 2 is 1.90 bits per heavy atom. The van der Waals surface area contributed by atoms with Crippen LogP contribution < -0.4 is 11.1 Å². The molecule has 160 valence electrons. The van der Waals surface area contributed by atoms with Crippen LogP contribution in [-0.2, 0) is 13.0 Å². The molecule has 0 aliphatic heterocycles. The lowest BCUT2D eigenvalue weighted by molar-refractivity contribution is 0.475. The highest BCUT2D eigenvalue weighted by atomic mass is 15.3. The molecule has 7 nitrogen and oxygen atoms in total. The number of nitrogens with one attached hydrogen (secondary N) is 1. The van der Waals surface area contributed by atoms with Gasteiger partial charge in [0, 0.05) is 27.2 Å². The van der Waals surface area contributed by atoms with Crippen LogP contribution in [0.4, 0.5) is 5.82 Å². The Labute approximate surface area is 183 Å². The maximum absolute atomic E-state index is 9.55. The van der Waals surface area contributed by atoms with Gasteiger partial charge >= 0.3 is 0 Å². The van der Waals surface area contributed by atoms with E-state index in [4.69, 9.17) is 5.73 Å². The number of nitrogen functional groups attached to an aromatic ring is 1. The Balaban J connectivity index is 1.57. The van der Waals surface area contributed by atoms with Crippen molar-refractivity contribution in [1.29, 1.82) is 5.26 Å². The molecule has 1 aromatic heterocycles. The van der Waals surface area contributed by atoms with Crippen molar-refractivity contribution in [3.8, 4) is 11.8 Å². The summed E-state index contributed by atoms with van der Waals surface area (Å²) < 4.78 is 1.63. The largest absolute Gasteiger partial charge is 0.382 e. The molecule has 0 amide bonds. The van der Waals surface area contributed by atoms with Crippen LogP contribution in [0.2, 0.25) is 0 Å². The summed E-state index contributed by atoms with van der Waals surface area (Å²) in [5.74, 6) is 1.21. The Morgan fingerprint density at radius 1 is 1.19 bits per heavy atom. The number of benzene rings is 2. The smallest absolute Gasteiger partial charge is 0.193 e. The summed E-state index contributed by atoms with van der Waals surface area (Å²) >= 11 is 0. The first-order chi connectivity index (χ1) is 15.0. The van der Waals surface area contributed by atoms with E-state index >= 15 is 0 Å². The van der Waals surface area contributed by atoms with Crippen LogP contribution in [0.15, 0.2) is 59.6 Å². The van der Waals surface area contributed by atoms with Gasteiger partial charge < -0.3 is 16.0 Å². The number of nitrogens with two attached hydrogens (primary N) is 1. The van der Waals surface area contributed by atoms with Gasteiger partial charge in [0.05, 0.1) is 11.4 Å². The van der Waals surface area contributed by atoms with Crippen LogP contribution in [0.5, 0.6) is 0 Å². The molecule has 0 aliphatic carbocycles. The number of guanidine groups is 1. The van der Waals surface area contributed by atoms with Gasteiger partial charge in [-0.1, -0.05) is 48.0 Å². The van der Waals surface area contributed by atoms with Crippen LogP contribution in [0, 0.1) is 18.3 Å². The Bertz CT molecular complexity index is 1060. The third-order valence-corrected chi connectivity index (χ3v) is 5.09. The van der Waals surface area contributed by atoms with Crippen molar-refractivity contribution in [2.24, 2.45) is 4.99 Å². The van der Waals surface area contributed by atoms with Gasteiger partial charge in [0.25, 0.3) is 0 Å². The summed E-state index contributed by atoms with van der Waals surface area (Å²) in [6.07, 6.45) is 1.45. The number of hydrogen-bond donors (Lipinski definition) is 2. The van der Waals surface area contributed by atoms with E-state index < -0.39 is 0 Å². The number of aromatic nitrogens is 2. The second-order valence-corrected chi connectivity index (χ2v) is 7.49. The number of anilines is 1. The van der Waals surface area contributed by atoms with E-state index in [0.29, 0.717) is 30.0 Å². The number of aliphatic imine (C=N–C) groups is 1. The maximum Gasteiger partial charge on any atom is 0.193 e. The molecule has 0 saturated heterocycles. The van der Waals surface area contributed by atoms with Gasteiger partial charge in [-0.15, -0.1) is 0 Å². The minimum atomic E-state index is 0.380. The average molecular weight is 416 g/mol. The van der Waals surface area contributed by atoms with E-state index in [9.17, 15) is 5.26 Å². The van der Waals surface area contributed by atoms with Gasteiger partial charge in [-0.25, -0.2) is 4.68 Å². The molecule has 1 heterocycles. The molecule has 0 saturated carbocycles. The van der Waals surface area contributed by atoms with Crippen LogP contribution >= 0.6 is 0 Å². The SMILES string of the molecule is CN=C(NCCCc1nn(-c2ccccc2)c(N)c1C#N)N(C)Cc1ccc(C)cc1. The van der Waals surface area contributed by atoms with Crippen molar-refractivity contribution in [3.05, 3.63) is 77.0 Å². The predicted octanol–water partition coefficient (Wildman–Crippen LogP) is 3.27. The van der Waals surface area contributed by atoms with Gasteiger partial charge in [-0.05, 0) is 37.5 Å². The topological polar surface area (TPSA) is 95.3 Å². The minimum Gasteiger partial charge on any atom is -0.382 e. The number of nitriles is 1. The Kier molecular flexibility index (Phi) is 7.28. The third kappa shape index (κ3) is 5.43. The van der Waals surface area contributed by atoms with E-state index in [1.807, 2.05) is 37.4 Å². The van der Waals surface area contributed by atoms with Gasteiger partial charge in [0.2, 0.25) is 0 Å². The lowest BCUT2D eigenvalue weighted by Gasteiger charge is -2.22. The summed E-state index contributed by atoms with van der Waals surface area (Å²) in [5, 5.41) is 17.5. The number of nitrogens with zero attached hydrogens (tertiary/aromatic N) is 5. The van der Waals surface area contributed by atoms with Gasteiger partial charge in [-0.3, -0.25) is 4.99 Å². The highest BCUT2D eigenvalue weighted by Gasteiger charge is 2.16. The fraction of sp³-hybridized carbons (Fsp3) is 0.292. The molecule has 7 heteroatoms. The van der Waals surface area contributed by atoms with E-state index in [1.54, 1.807) is 11.7 Å². The lowest BCUT2D eigenvalue weighted by atomic mass is 10.1. The first-order valence-electron chi connectivity index (χ1n) is 10.3. The normalized spacial score (nSPS) is 11.2. The number of aryl methyl sites for hydroxylation is 2. The van der Waals surface area contributed by atoms with Gasteiger partial charge in [0.15, 0.2) is 5.96 Å². The molecule has 0 spiro atoms. The average Bonchev–Trinajstić information content (AvgIpc) is 3.11. The van der Waals surface area contributed by atoms with Crippen molar-refractivity contribution < 1.29 is 0 Å². The molecule has 31 heavy (non-hydrogen) atoms. The molecule has 3 N–H and O–H groups in total. The zero-order valence-corrected chi connectivity index (χ0v) is 18.3. The quantitative estimate of drug-likeness (QED) is 0.351. The third-order valence-electron chi connectivity index (χ3n) is 5.09. The predicted molar refractivity (Wildman–Crippen MR) is 125 cm³/mol. The molecule has 3 rings (SSSR count). The number of hydrogen-bond acceptors (Lipinski definition) is 4. The lowest BCUT2D eigenvalue weighted by Crippen LogP contribution is -2.39. The first-order valence-corrected chi connectivity index (χ1v) is 10.3. The van der Waals surface area contributed by atoms with Crippen LogP contribution in [-0.4, -0.2) is 41.3 Å². The molecule has 0 bridgehead atoms. The van der Waals surface area contributed by atoms with E-state index in [-0.39, 0.29) is 0 Å². The summed E-state index contributed by atoms with van der Waals surface area (Å²) in [6.45, 7) is 3.58. The minimum absolute atomic E-state index is 0.380. The van der Waals surface area contributed by atoms with Crippen molar-refractivity contribution in [1.82, 2.24) is 20.0 Å². The van der Waals surface area contributed by atoms with E-state index in [0.717, 1.165) is 24.6 Å². The molecule has 0 unspecified atom stereocenters. The van der Waals surface area contributed by atoms with Crippen molar-refractivity contribution in [2.45, 2.75) is 26.3 Å². The monoisotopic (exact) mass is 415 g/mol. The maximum atomic E-state index is 9.55. The Morgan fingerprint density at radius 3 is 2.55 bits per heavy atom. The van der Waals surface area contributed by atoms with Crippen molar-refractivity contribution in [3.63, 3.8) is 0 Å². The Hall–Kier alpha value is -3.79. The second-order valence-electron chi connectivity index (χ2n) is 7.49. The summed E-state index contributed by atoms with van der Waals surface area (Å²) in [5.41, 5.74) is 10.7. The van der Waals surface area contributed by atoms with Crippen LogP contribution in [0.1, 0.15) is 28.8 Å². The molecular formula is C24H29N7. The van der Waals surface area contributed by atoms with Crippen LogP contribution in [0.3, 0.4) is 0 Å². The van der Waals surface area contributed by atoms with E-state index in [2.05, 4.69) is 57.6 Å². The fourth-order valence-corrected chi connectivity index (χ4v) is 3.42. The number of para-hydroxylation sites is 1. The van der Waals surface area contributed by atoms with E-state index in [1.165, 1.54) is 11.1 Å². The molecule has 3 aromatic rings. The molecule has 0 atom stereocenters. The second kappa shape index (κ2) is 10.3.